The molecule has 118 valence electrons. The van der Waals surface area contributed by atoms with E-state index in [4.69, 9.17) is 0 Å². The van der Waals surface area contributed by atoms with Crippen LogP contribution in [0.15, 0.2) is 30.3 Å². The summed E-state index contributed by atoms with van der Waals surface area (Å²) in [5.74, 6) is 1.69. The maximum atomic E-state index is 9.81. The zero-order valence-electron chi connectivity index (χ0n) is 13.7. The Morgan fingerprint density at radius 1 is 1.32 bits per heavy atom. The Kier molecular flexibility index (Phi) is 4.84. The number of nitrogens with one attached hydrogen (secondary N) is 1. The summed E-state index contributed by atoms with van der Waals surface area (Å²) in [4.78, 5) is 0. The van der Waals surface area contributed by atoms with Crippen LogP contribution in [0.25, 0.3) is 0 Å². The average molecular weight is 296 g/mol. The molecule has 1 aromatic rings. The fourth-order valence-electron chi connectivity index (χ4n) is 4.94. The highest BCUT2D eigenvalue weighted by Crippen LogP contribution is 2.53. The Morgan fingerprint density at radius 3 is 2.86 bits per heavy atom. The zero-order chi connectivity index (χ0) is 15.4. The molecule has 3 rings (SSSR count). The van der Waals surface area contributed by atoms with E-state index in [1.54, 1.807) is 0 Å². The molecule has 2 aliphatic rings. The van der Waals surface area contributed by atoms with Gasteiger partial charge in [-0.15, -0.1) is 0 Å². The van der Waals surface area contributed by atoms with Crippen LogP contribution in [0.1, 0.15) is 57.4 Å². The van der Waals surface area contributed by atoms with Gasteiger partial charge in [0.15, 0.2) is 0 Å². The molecule has 0 saturated heterocycles. The Balaban J connectivity index is 1.72. The fraction of sp³-hybridized carbons (Fsp3) is 0.650. The van der Waals surface area contributed by atoms with Gasteiger partial charge >= 0.3 is 0 Å². The van der Waals surface area contributed by atoms with Gasteiger partial charge in [-0.25, -0.2) is 0 Å². The van der Waals surface area contributed by atoms with E-state index in [1.165, 1.54) is 50.5 Å². The molecule has 1 N–H and O–H groups in total. The van der Waals surface area contributed by atoms with Crippen molar-refractivity contribution in [2.24, 2.45) is 17.3 Å². The molecule has 0 heterocycles. The zero-order valence-corrected chi connectivity index (χ0v) is 13.7. The molecule has 1 aromatic carbocycles. The van der Waals surface area contributed by atoms with Gasteiger partial charge in [-0.05, 0) is 48.5 Å². The second-order valence-corrected chi connectivity index (χ2v) is 7.47. The van der Waals surface area contributed by atoms with Crippen LogP contribution in [0.3, 0.4) is 0 Å². The molecule has 0 aromatic heterocycles. The molecule has 2 heteroatoms. The normalized spacial score (nSPS) is 32.2. The van der Waals surface area contributed by atoms with E-state index in [-0.39, 0.29) is 11.5 Å². The monoisotopic (exact) mass is 296 g/mol. The summed E-state index contributed by atoms with van der Waals surface area (Å²) >= 11 is 0. The lowest BCUT2D eigenvalue weighted by Crippen LogP contribution is -2.50. The van der Waals surface area contributed by atoms with E-state index in [0.29, 0.717) is 0 Å². The van der Waals surface area contributed by atoms with Crippen molar-refractivity contribution in [2.45, 2.75) is 64.5 Å². The summed E-state index contributed by atoms with van der Waals surface area (Å²) in [6.45, 7) is 3.13. The molecule has 0 spiro atoms. The molecular formula is C20H28N2. The fourth-order valence-corrected chi connectivity index (χ4v) is 4.94. The molecule has 2 nitrogen and oxygen atoms in total. The summed E-state index contributed by atoms with van der Waals surface area (Å²) in [5.41, 5.74) is 1.50. The molecule has 2 fully saturated rings. The third-order valence-electron chi connectivity index (χ3n) is 6.02. The Labute approximate surface area is 134 Å². The largest absolute Gasteiger partial charge is 0.297 e. The lowest BCUT2D eigenvalue weighted by Gasteiger charge is -2.50. The second-order valence-electron chi connectivity index (χ2n) is 7.47. The van der Waals surface area contributed by atoms with Crippen molar-refractivity contribution in [3.63, 3.8) is 0 Å². The Morgan fingerprint density at radius 2 is 2.14 bits per heavy atom. The summed E-state index contributed by atoms with van der Waals surface area (Å²) < 4.78 is 0. The van der Waals surface area contributed by atoms with E-state index in [2.05, 4.69) is 42.6 Å². The second kappa shape index (κ2) is 6.84. The maximum absolute atomic E-state index is 9.81. The minimum atomic E-state index is 0.00450. The SMILES string of the molecule is CCC1CC2CCCC([C@@H](C#N)NCc3ccccc3)(C1)C2. The molecule has 2 aliphatic carbocycles. The van der Waals surface area contributed by atoms with E-state index in [1.807, 2.05) is 6.07 Å². The first-order chi connectivity index (χ1) is 10.8. The third-order valence-corrected chi connectivity index (χ3v) is 6.02. The number of rotatable bonds is 5. The highest BCUT2D eigenvalue weighted by atomic mass is 14.9. The van der Waals surface area contributed by atoms with Gasteiger partial charge in [-0.1, -0.05) is 56.5 Å². The lowest BCUT2D eigenvalue weighted by molar-refractivity contribution is 0.0198. The number of hydrogen-bond acceptors (Lipinski definition) is 2. The molecule has 22 heavy (non-hydrogen) atoms. The highest BCUT2D eigenvalue weighted by Gasteiger charge is 2.47. The van der Waals surface area contributed by atoms with Crippen molar-refractivity contribution in [1.82, 2.24) is 5.32 Å². The number of benzene rings is 1. The van der Waals surface area contributed by atoms with Crippen LogP contribution in [0.5, 0.6) is 0 Å². The summed E-state index contributed by atoms with van der Waals surface area (Å²) in [5, 5.41) is 13.4. The first-order valence-electron chi connectivity index (χ1n) is 8.92. The van der Waals surface area contributed by atoms with Crippen molar-refractivity contribution >= 4 is 0 Å². The van der Waals surface area contributed by atoms with E-state index < -0.39 is 0 Å². The molecule has 2 bridgehead atoms. The van der Waals surface area contributed by atoms with Crippen LogP contribution in [-0.4, -0.2) is 6.04 Å². The van der Waals surface area contributed by atoms with Gasteiger partial charge in [0, 0.05) is 6.54 Å². The van der Waals surface area contributed by atoms with Gasteiger partial charge in [0.1, 0.15) is 6.04 Å². The molecule has 2 saturated carbocycles. The van der Waals surface area contributed by atoms with Gasteiger partial charge in [0.2, 0.25) is 0 Å². The average Bonchev–Trinajstić information content (AvgIpc) is 2.55. The minimum Gasteiger partial charge on any atom is -0.297 e. The summed E-state index contributed by atoms with van der Waals surface area (Å²) in [6.07, 6.45) is 9.12. The van der Waals surface area contributed by atoms with Crippen LogP contribution >= 0.6 is 0 Å². The number of nitriles is 1. The predicted octanol–water partition coefficient (Wildman–Crippen LogP) is 4.66. The van der Waals surface area contributed by atoms with Crippen molar-refractivity contribution in [3.05, 3.63) is 35.9 Å². The Bertz CT molecular complexity index is 518. The van der Waals surface area contributed by atoms with Crippen LogP contribution in [0.4, 0.5) is 0 Å². The molecule has 0 radical (unpaired) electrons. The number of hydrogen-bond donors (Lipinski definition) is 1. The molecule has 4 atom stereocenters. The third kappa shape index (κ3) is 3.20. The quantitative estimate of drug-likeness (QED) is 0.857. The van der Waals surface area contributed by atoms with Crippen molar-refractivity contribution in [2.75, 3.05) is 0 Å². The van der Waals surface area contributed by atoms with Gasteiger partial charge in [0.25, 0.3) is 0 Å². The lowest BCUT2D eigenvalue weighted by atomic mass is 9.56. The van der Waals surface area contributed by atoms with E-state index in [0.717, 1.165) is 18.4 Å². The van der Waals surface area contributed by atoms with Gasteiger partial charge in [-0.3, -0.25) is 5.32 Å². The summed E-state index contributed by atoms with van der Waals surface area (Å²) in [6, 6.07) is 13.1. The first-order valence-corrected chi connectivity index (χ1v) is 8.92. The topological polar surface area (TPSA) is 35.8 Å². The van der Waals surface area contributed by atoms with Crippen molar-refractivity contribution in [1.29, 1.82) is 5.26 Å². The number of fused-ring (bicyclic) bond motifs is 2. The van der Waals surface area contributed by atoms with E-state index in [9.17, 15) is 5.26 Å². The van der Waals surface area contributed by atoms with Gasteiger partial charge in [-0.2, -0.15) is 5.26 Å². The van der Waals surface area contributed by atoms with Crippen LogP contribution in [0, 0.1) is 28.6 Å². The standard InChI is InChI=1S/C20H28N2/c1-2-16-11-18-9-6-10-20(12-16,13-18)19(14-21)22-15-17-7-4-3-5-8-17/h3-5,7-8,16,18-19,22H,2,6,9-13,15H2,1H3/t16?,18?,19-,20?/m1/s1. The predicted molar refractivity (Wildman–Crippen MR) is 90.1 cm³/mol. The van der Waals surface area contributed by atoms with Crippen molar-refractivity contribution in [3.8, 4) is 6.07 Å². The molecular weight excluding hydrogens is 268 g/mol. The Hall–Kier alpha value is -1.33. The van der Waals surface area contributed by atoms with Gasteiger partial charge in [0.05, 0.1) is 6.07 Å². The highest BCUT2D eigenvalue weighted by molar-refractivity contribution is 5.16. The first kappa shape index (κ1) is 15.6. The minimum absolute atomic E-state index is 0.00450. The smallest absolute Gasteiger partial charge is 0.101 e. The van der Waals surface area contributed by atoms with Crippen LogP contribution < -0.4 is 5.32 Å². The maximum Gasteiger partial charge on any atom is 0.101 e. The number of nitrogens with zero attached hydrogens (tertiary/aromatic N) is 1. The van der Waals surface area contributed by atoms with Crippen molar-refractivity contribution < 1.29 is 0 Å². The molecule has 3 unspecified atom stereocenters. The van der Waals surface area contributed by atoms with E-state index >= 15 is 0 Å². The molecule has 0 amide bonds. The van der Waals surface area contributed by atoms with Gasteiger partial charge < -0.3 is 0 Å². The van der Waals surface area contributed by atoms with Crippen LogP contribution in [0.2, 0.25) is 0 Å². The van der Waals surface area contributed by atoms with Crippen LogP contribution in [-0.2, 0) is 6.54 Å². The summed E-state index contributed by atoms with van der Waals surface area (Å²) in [7, 11) is 0. The molecule has 0 aliphatic heterocycles.